The van der Waals surface area contributed by atoms with E-state index in [2.05, 4.69) is 51.5 Å². The third-order valence-corrected chi connectivity index (χ3v) is 4.38. The summed E-state index contributed by atoms with van der Waals surface area (Å²) in [7, 11) is 0. The molecule has 2 aromatic rings. The summed E-state index contributed by atoms with van der Waals surface area (Å²) in [6.07, 6.45) is 1.91. The minimum Gasteiger partial charge on any atom is -0.309 e. The third-order valence-electron chi connectivity index (χ3n) is 3.44. The molecule has 2 aromatic heterocycles. The summed E-state index contributed by atoms with van der Waals surface area (Å²) >= 11 is 1.49. The van der Waals surface area contributed by atoms with E-state index in [9.17, 15) is 0 Å². The van der Waals surface area contributed by atoms with Crippen LogP contribution >= 0.6 is 11.5 Å². The molecule has 2 rings (SSSR count). The second-order valence-electron chi connectivity index (χ2n) is 4.83. The van der Waals surface area contributed by atoms with Crippen molar-refractivity contribution in [3.05, 3.63) is 28.0 Å². The predicted octanol–water partition coefficient (Wildman–Crippen LogP) is 2.52. The maximum atomic E-state index is 4.63. The zero-order chi connectivity index (χ0) is 14.5. The Bertz CT molecular complexity index is 546. The van der Waals surface area contributed by atoms with E-state index in [0.717, 1.165) is 37.3 Å². The molecule has 0 aliphatic heterocycles. The van der Waals surface area contributed by atoms with Crippen molar-refractivity contribution in [2.45, 2.75) is 53.1 Å². The molecule has 0 aromatic carbocycles. The van der Waals surface area contributed by atoms with Crippen molar-refractivity contribution < 1.29 is 0 Å². The van der Waals surface area contributed by atoms with E-state index in [1.54, 1.807) is 0 Å². The molecule has 1 unspecified atom stereocenters. The summed E-state index contributed by atoms with van der Waals surface area (Å²) in [5.74, 6) is 0. The highest BCUT2D eigenvalue weighted by Crippen LogP contribution is 2.24. The van der Waals surface area contributed by atoms with Gasteiger partial charge in [-0.25, -0.2) is 0 Å². The normalized spacial score (nSPS) is 12.8. The monoisotopic (exact) mass is 293 g/mol. The van der Waals surface area contributed by atoms with Crippen molar-refractivity contribution in [3.63, 3.8) is 0 Å². The van der Waals surface area contributed by atoms with E-state index < -0.39 is 0 Å². The van der Waals surface area contributed by atoms with Gasteiger partial charge < -0.3 is 5.32 Å². The molecular formula is C14H23N5S. The quantitative estimate of drug-likeness (QED) is 0.852. The fourth-order valence-electron chi connectivity index (χ4n) is 2.40. The van der Waals surface area contributed by atoms with Crippen LogP contribution < -0.4 is 5.32 Å². The average molecular weight is 293 g/mol. The molecule has 0 saturated heterocycles. The molecule has 0 aliphatic rings. The van der Waals surface area contributed by atoms with Crippen LogP contribution in [0.15, 0.2) is 6.07 Å². The first-order valence-corrected chi connectivity index (χ1v) is 8.04. The maximum absolute atomic E-state index is 4.63. The zero-order valence-electron chi connectivity index (χ0n) is 12.7. The van der Waals surface area contributed by atoms with Crippen LogP contribution in [0.1, 0.15) is 48.8 Å². The molecule has 0 amide bonds. The highest BCUT2D eigenvalue weighted by atomic mass is 32.1. The fourth-order valence-corrected chi connectivity index (χ4v) is 3.11. The van der Waals surface area contributed by atoms with Gasteiger partial charge in [0.2, 0.25) is 0 Å². The standard InChI is InChI=1S/C14H23N5S/c1-5-11-8-12(19(7-3)17-11)9-13(15-6-2)14-10(4)16-18-20-14/h8,13,15H,5-7,9H2,1-4H3. The number of hydrogen-bond acceptors (Lipinski definition) is 5. The van der Waals surface area contributed by atoms with Gasteiger partial charge in [0, 0.05) is 18.7 Å². The van der Waals surface area contributed by atoms with Crippen molar-refractivity contribution in [1.82, 2.24) is 24.7 Å². The van der Waals surface area contributed by atoms with Gasteiger partial charge in [-0.05, 0) is 44.4 Å². The lowest BCUT2D eigenvalue weighted by Gasteiger charge is -2.17. The summed E-state index contributed by atoms with van der Waals surface area (Å²) in [5, 5.41) is 12.3. The fraction of sp³-hybridized carbons (Fsp3) is 0.643. The van der Waals surface area contributed by atoms with Gasteiger partial charge in [0.05, 0.1) is 22.3 Å². The van der Waals surface area contributed by atoms with Gasteiger partial charge >= 0.3 is 0 Å². The number of aryl methyl sites for hydroxylation is 3. The van der Waals surface area contributed by atoms with Crippen molar-refractivity contribution in [1.29, 1.82) is 0 Å². The Labute approximate surface area is 124 Å². The molecule has 2 heterocycles. The number of nitrogens with zero attached hydrogens (tertiary/aromatic N) is 4. The van der Waals surface area contributed by atoms with Gasteiger partial charge in [0.25, 0.3) is 0 Å². The lowest BCUT2D eigenvalue weighted by atomic mass is 10.1. The van der Waals surface area contributed by atoms with E-state index in [0.29, 0.717) is 0 Å². The first-order valence-electron chi connectivity index (χ1n) is 7.27. The first-order chi connectivity index (χ1) is 9.69. The Morgan fingerprint density at radius 2 is 2.15 bits per heavy atom. The smallest absolute Gasteiger partial charge is 0.0772 e. The van der Waals surface area contributed by atoms with E-state index in [1.165, 1.54) is 22.1 Å². The van der Waals surface area contributed by atoms with E-state index >= 15 is 0 Å². The van der Waals surface area contributed by atoms with Crippen molar-refractivity contribution >= 4 is 11.5 Å². The maximum Gasteiger partial charge on any atom is 0.0772 e. The van der Waals surface area contributed by atoms with E-state index in [1.807, 2.05) is 6.92 Å². The van der Waals surface area contributed by atoms with Crippen LogP contribution in [0.4, 0.5) is 0 Å². The SMILES string of the molecule is CCNC(Cc1cc(CC)nn1CC)c1snnc1C. The largest absolute Gasteiger partial charge is 0.309 e. The molecule has 0 fully saturated rings. The van der Waals surface area contributed by atoms with Crippen LogP contribution in [0.5, 0.6) is 0 Å². The average Bonchev–Trinajstić information content (AvgIpc) is 3.04. The van der Waals surface area contributed by atoms with E-state index in [4.69, 9.17) is 0 Å². The molecule has 0 radical (unpaired) electrons. The van der Waals surface area contributed by atoms with Crippen molar-refractivity contribution in [3.8, 4) is 0 Å². The van der Waals surface area contributed by atoms with Gasteiger partial charge in [0.15, 0.2) is 0 Å². The molecule has 20 heavy (non-hydrogen) atoms. The Balaban J connectivity index is 2.24. The first kappa shape index (κ1) is 15.1. The topological polar surface area (TPSA) is 55.6 Å². The van der Waals surface area contributed by atoms with Crippen LogP contribution in [0.3, 0.4) is 0 Å². The zero-order valence-corrected chi connectivity index (χ0v) is 13.5. The Morgan fingerprint density at radius 3 is 2.70 bits per heavy atom. The molecule has 0 spiro atoms. The highest BCUT2D eigenvalue weighted by Gasteiger charge is 2.19. The molecule has 110 valence electrons. The second-order valence-corrected chi connectivity index (χ2v) is 5.62. The second kappa shape index (κ2) is 6.95. The summed E-state index contributed by atoms with van der Waals surface area (Å²) in [6, 6.07) is 2.49. The lowest BCUT2D eigenvalue weighted by molar-refractivity contribution is 0.519. The van der Waals surface area contributed by atoms with Crippen LogP contribution in [-0.2, 0) is 19.4 Å². The van der Waals surface area contributed by atoms with Crippen molar-refractivity contribution in [2.75, 3.05) is 6.54 Å². The third kappa shape index (κ3) is 3.24. The van der Waals surface area contributed by atoms with Gasteiger partial charge in [-0.15, -0.1) is 5.10 Å². The number of nitrogens with one attached hydrogen (secondary N) is 1. The Morgan fingerprint density at radius 1 is 1.35 bits per heavy atom. The molecule has 1 N–H and O–H groups in total. The number of rotatable bonds is 7. The molecule has 0 aliphatic carbocycles. The van der Waals surface area contributed by atoms with Crippen LogP contribution in [-0.4, -0.2) is 25.9 Å². The predicted molar refractivity (Wildman–Crippen MR) is 82.0 cm³/mol. The summed E-state index contributed by atoms with van der Waals surface area (Å²) in [5.41, 5.74) is 3.47. The molecule has 5 nitrogen and oxygen atoms in total. The summed E-state index contributed by atoms with van der Waals surface area (Å²) in [4.78, 5) is 1.23. The number of likely N-dealkylation sites (N-methyl/N-ethyl adjacent to an activating group) is 1. The van der Waals surface area contributed by atoms with Gasteiger partial charge in [-0.3, -0.25) is 4.68 Å². The Hall–Kier alpha value is -1.27. The lowest BCUT2D eigenvalue weighted by Crippen LogP contribution is -2.24. The Kier molecular flexibility index (Phi) is 5.25. The van der Waals surface area contributed by atoms with Gasteiger partial charge in [-0.1, -0.05) is 18.3 Å². The van der Waals surface area contributed by atoms with Crippen LogP contribution in [0.2, 0.25) is 0 Å². The van der Waals surface area contributed by atoms with Gasteiger partial charge in [0.1, 0.15) is 0 Å². The summed E-state index contributed by atoms with van der Waals surface area (Å²) < 4.78 is 6.16. The van der Waals surface area contributed by atoms with E-state index in [-0.39, 0.29) is 6.04 Å². The number of hydrogen-bond donors (Lipinski definition) is 1. The van der Waals surface area contributed by atoms with Crippen LogP contribution in [0, 0.1) is 6.92 Å². The minimum absolute atomic E-state index is 0.270. The van der Waals surface area contributed by atoms with Gasteiger partial charge in [-0.2, -0.15) is 5.10 Å². The molecule has 0 bridgehead atoms. The van der Waals surface area contributed by atoms with Crippen LogP contribution in [0.25, 0.3) is 0 Å². The minimum atomic E-state index is 0.270. The number of aromatic nitrogens is 4. The van der Waals surface area contributed by atoms with Crippen molar-refractivity contribution in [2.24, 2.45) is 0 Å². The molecule has 0 saturated carbocycles. The highest BCUT2D eigenvalue weighted by molar-refractivity contribution is 7.05. The molecule has 6 heteroatoms. The molecular weight excluding hydrogens is 270 g/mol. The molecule has 1 atom stereocenters. The summed E-state index contributed by atoms with van der Waals surface area (Å²) in [6.45, 7) is 10.3.